The average Bonchev–Trinajstić information content (AvgIpc) is 3.05. The van der Waals surface area contributed by atoms with Gasteiger partial charge in [0.15, 0.2) is 11.2 Å². The quantitative estimate of drug-likeness (QED) is 0.841. The fourth-order valence-electron chi connectivity index (χ4n) is 2.27. The molecule has 0 saturated carbocycles. The number of nitrogens with one attached hydrogen (secondary N) is 1. The summed E-state index contributed by atoms with van der Waals surface area (Å²) in [6, 6.07) is 5.20. The van der Waals surface area contributed by atoms with Gasteiger partial charge in [0, 0.05) is 24.0 Å². The van der Waals surface area contributed by atoms with Gasteiger partial charge in [-0.25, -0.2) is 9.37 Å². The molecule has 0 aliphatic carbocycles. The predicted octanol–water partition coefficient (Wildman–Crippen LogP) is 4.19. The third-order valence-electron chi connectivity index (χ3n) is 3.17. The minimum Gasteiger partial charge on any atom is -0.384 e. The van der Waals surface area contributed by atoms with Crippen LogP contribution in [0.2, 0.25) is 0 Å². The van der Waals surface area contributed by atoms with Crippen molar-refractivity contribution in [2.24, 2.45) is 0 Å². The highest BCUT2D eigenvalue weighted by Gasteiger charge is 2.36. The van der Waals surface area contributed by atoms with E-state index >= 15 is 0 Å². The lowest BCUT2D eigenvalue weighted by Gasteiger charge is -2.11. The first-order valence-corrected chi connectivity index (χ1v) is 6.81. The lowest BCUT2D eigenvalue weighted by molar-refractivity contribution is -0.137. The van der Waals surface area contributed by atoms with E-state index in [9.17, 15) is 17.6 Å². The zero-order chi connectivity index (χ0) is 14.3. The molecule has 2 heterocycles. The van der Waals surface area contributed by atoms with Gasteiger partial charge in [0.05, 0.1) is 4.88 Å². The molecule has 3 rings (SSSR count). The summed E-state index contributed by atoms with van der Waals surface area (Å²) in [4.78, 5) is 3.23. The van der Waals surface area contributed by atoms with E-state index in [1.54, 1.807) is 12.1 Å². The lowest BCUT2D eigenvalue weighted by atomic mass is 10.0. The van der Waals surface area contributed by atoms with Gasteiger partial charge in [-0.2, -0.15) is 13.2 Å². The van der Waals surface area contributed by atoms with Crippen molar-refractivity contribution in [2.45, 2.75) is 18.8 Å². The average molecular weight is 302 g/mol. The van der Waals surface area contributed by atoms with Crippen LogP contribution in [0, 0.1) is 0 Å². The van der Waals surface area contributed by atoms with Gasteiger partial charge in [-0.3, -0.25) is 0 Å². The Balaban J connectivity index is 1.95. The summed E-state index contributed by atoms with van der Waals surface area (Å²) in [5.74, 6) is 0. The van der Waals surface area contributed by atoms with Gasteiger partial charge >= 0.3 is 6.18 Å². The van der Waals surface area contributed by atoms with Crippen LogP contribution in [0.1, 0.15) is 27.2 Å². The molecule has 0 radical (unpaired) electrons. The number of rotatable bonds is 2. The van der Waals surface area contributed by atoms with Crippen LogP contribution in [0.3, 0.4) is 0 Å². The van der Waals surface area contributed by atoms with Crippen LogP contribution < -0.4 is 5.32 Å². The standard InChI is InChI=1S/C13H10F4N2S/c14-10(9-6-19-12(20-9)13(15,16)17)8-3-1-2-7-4-5-18-11(7)8/h1-3,6,10,18H,4-5H2. The van der Waals surface area contributed by atoms with Crippen LogP contribution in [-0.4, -0.2) is 11.5 Å². The second-order valence-electron chi connectivity index (χ2n) is 4.49. The molecule has 2 aromatic rings. The SMILES string of the molecule is FC(c1cnc(C(F)(F)F)s1)c1cccc2c1NCC2. The first-order valence-electron chi connectivity index (χ1n) is 5.99. The zero-order valence-electron chi connectivity index (χ0n) is 10.2. The fraction of sp³-hybridized carbons (Fsp3) is 0.308. The molecule has 1 aliphatic rings. The number of hydrogen-bond donors (Lipinski definition) is 1. The molecule has 20 heavy (non-hydrogen) atoms. The van der Waals surface area contributed by atoms with E-state index in [0.29, 0.717) is 22.6 Å². The van der Waals surface area contributed by atoms with E-state index in [1.807, 2.05) is 6.07 Å². The van der Waals surface area contributed by atoms with Gasteiger partial charge in [-0.05, 0) is 12.0 Å². The van der Waals surface area contributed by atoms with Crippen LogP contribution >= 0.6 is 11.3 Å². The summed E-state index contributed by atoms with van der Waals surface area (Å²) in [7, 11) is 0. The second kappa shape index (κ2) is 4.73. The first-order chi connectivity index (χ1) is 9.47. The summed E-state index contributed by atoms with van der Waals surface area (Å²) in [5, 5.41) is 2.06. The Morgan fingerprint density at radius 3 is 2.80 bits per heavy atom. The molecule has 1 aliphatic heterocycles. The summed E-state index contributed by atoms with van der Waals surface area (Å²) in [6.07, 6.45) is -4.36. The van der Waals surface area contributed by atoms with Crippen LogP contribution in [0.5, 0.6) is 0 Å². The Bertz CT molecular complexity index is 636. The molecule has 7 heteroatoms. The molecule has 1 N–H and O–H groups in total. The molecule has 1 unspecified atom stereocenters. The highest BCUT2D eigenvalue weighted by molar-refractivity contribution is 7.11. The summed E-state index contributed by atoms with van der Waals surface area (Å²) < 4.78 is 52.0. The lowest BCUT2D eigenvalue weighted by Crippen LogP contribution is -2.03. The highest BCUT2D eigenvalue weighted by atomic mass is 32.1. The number of para-hydroxylation sites is 1. The molecular formula is C13H10F4N2S. The van der Waals surface area contributed by atoms with Crippen molar-refractivity contribution in [3.05, 3.63) is 45.4 Å². The molecule has 0 fully saturated rings. The van der Waals surface area contributed by atoms with Crippen molar-refractivity contribution >= 4 is 17.0 Å². The number of fused-ring (bicyclic) bond motifs is 1. The molecule has 0 bridgehead atoms. The van der Waals surface area contributed by atoms with Crippen LogP contribution in [-0.2, 0) is 12.6 Å². The van der Waals surface area contributed by atoms with Crippen molar-refractivity contribution in [2.75, 3.05) is 11.9 Å². The minimum atomic E-state index is -4.53. The van der Waals surface area contributed by atoms with Crippen LogP contribution in [0.25, 0.3) is 0 Å². The zero-order valence-corrected chi connectivity index (χ0v) is 11.0. The van der Waals surface area contributed by atoms with Crippen molar-refractivity contribution in [1.82, 2.24) is 4.98 Å². The molecule has 0 spiro atoms. The second-order valence-corrected chi connectivity index (χ2v) is 5.55. The molecular weight excluding hydrogens is 292 g/mol. The summed E-state index contributed by atoms with van der Waals surface area (Å²) in [5.41, 5.74) is 2.06. The highest BCUT2D eigenvalue weighted by Crippen LogP contribution is 2.40. The number of hydrogen-bond acceptors (Lipinski definition) is 3. The maximum atomic E-state index is 14.5. The maximum absolute atomic E-state index is 14.5. The smallest absolute Gasteiger partial charge is 0.384 e. The van der Waals surface area contributed by atoms with Gasteiger partial charge < -0.3 is 5.32 Å². The monoisotopic (exact) mass is 302 g/mol. The minimum absolute atomic E-state index is 0.0283. The van der Waals surface area contributed by atoms with Gasteiger partial charge in [-0.1, -0.05) is 18.2 Å². The van der Waals surface area contributed by atoms with E-state index in [4.69, 9.17) is 0 Å². The Morgan fingerprint density at radius 1 is 1.30 bits per heavy atom. The van der Waals surface area contributed by atoms with E-state index in [1.165, 1.54) is 0 Å². The number of benzene rings is 1. The summed E-state index contributed by atoms with van der Waals surface area (Å²) >= 11 is 0.349. The van der Waals surface area contributed by atoms with Crippen molar-refractivity contribution in [3.63, 3.8) is 0 Å². The Hall–Kier alpha value is -1.63. The first kappa shape index (κ1) is 13.4. The van der Waals surface area contributed by atoms with E-state index in [0.717, 1.165) is 24.7 Å². The summed E-state index contributed by atoms with van der Waals surface area (Å²) in [6.45, 7) is 0.718. The van der Waals surface area contributed by atoms with E-state index < -0.39 is 17.4 Å². The van der Waals surface area contributed by atoms with Crippen molar-refractivity contribution in [3.8, 4) is 0 Å². The molecule has 1 aromatic carbocycles. The van der Waals surface area contributed by atoms with E-state index in [-0.39, 0.29) is 4.88 Å². The van der Waals surface area contributed by atoms with Gasteiger partial charge in [0.25, 0.3) is 0 Å². The third-order valence-corrected chi connectivity index (χ3v) is 4.25. The van der Waals surface area contributed by atoms with Gasteiger partial charge in [0.1, 0.15) is 0 Å². The maximum Gasteiger partial charge on any atom is 0.443 e. The van der Waals surface area contributed by atoms with Crippen LogP contribution in [0.4, 0.5) is 23.2 Å². The van der Waals surface area contributed by atoms with E-state index in [2.05, 4.69) is 10.3 Å². The molecule has 0 saturated heterocycles. The third kappa shape index (κ3) is 2.26. The largest absolute Gasteiger partial charge is 0.443 e. The normalized spacial score (nSPS) is 15.8. The predicted molar refractivity (Wildman–Crippen MR) is 68.7 cm³/mol. The molecule has 106 valence electrons. The fourth-order valence-corrected chi connectivity index (χ4v) is 3.05. The van der Waals surface area contributed by atoms with Gasteiger partial charge in [0.2, 0.25) is 0 Å². The molecule has 2 nitrogen and oxygen atoms in total. The number of nitrogens with zero attached hydrogens (tertiary/aromatic N) is 1. The number of aromatic nitrogens is 1. The Morgan fingerprint density at radius 2 is 2.10 bits per heavy atom. The molecule has 0 amide bonds. The van der Waals surface area contributed by atoms with Crippen LogP contribution in [0.15, 0.2) is 24.4 Å². The topological polar surface area (TPSA) is 24.9 Å². The number of halogens is 4. The Labute approximate surface area is 116 Å². The number of thiazole rings is 1. The number of anilines is 1. The van der Waals surface area contributed by atoms with Crippen molar-refractivity contribution in [1.29, 1.82) is 0 Å². The molecule has 1 aromatic heterocycles. The Kier molecular flexibility index (Phi) is 3.16. The number of alkyl halides is 4. The van der Waals surface area contributed by atoms with Crippen molar-refractivity contribution < 1.29 is 17.6 Å². The molecule has 1 atom stereocenters. The van der Waals surface area contributed by atoms with Gasteiger partial charge in [-0.15, -0.1) is 11.3 Å².